The lowest BCUT2D eigenvalue weighted by Crippen LogP contribution is -2.49. The number of nitrogens with zero attached hydrogens (tertiary/aromatic N) is 1. The molecular weight excluding hydrogens is 300 g/mol. The van der Waals surface area contributed by atoms with Gasteiger partial charge in [-0.1, -0.05) is 20.3 Å². The molecule has 23 heavy (non-hydrogen) atoms. The minimum absolute atomic E-state index is 0.0385. The van der Waals surface area contributed by atoms with E-state index in [1.54, 1.807) is 4.90 Å². The zero-order valence-electron chi connectivity index (χ0n) is 14.5. The minimum Gasteiger partial charge on any atom is -0.377 e. The highest BCUT2D eigenvalue weighted by Crippen LogP contribution is 2.08. The summed E-state index contributed by atoms with van der Waals surface area (Å²) in [6, 6.07) is -0.478. The molecule has 2 atom stereocenters. The van der Waals surface area contributed by atoms with Gasteiger partial charge < -0.3 is 29.6 Å². The van der Waals surface area contributed by atoms with E-state index in [-0.39, 0.29) is 11.8 Å². The highest BCUT2D eigenvalue weighted by molar-refractivity contribution is 5.82. The third-order valence-electron chi connectivity index (χ3n) is 3.98. The first-order valence-electron chi connectivity index (χ1n) is 8.52. The van der Waals surface area contributed by atoms with Crippen LogP contribution in [0.4, 0.5) is 0 Å². The maximum absolute atomic E-state index is 12.5. The Bertz CT molecular complexity index is 301. The summed E-state index contributed by atoms with van der Waals surface area (Å²) >= 11 is 0. The molecule has 1 aliphatic heterocycles. The summed E-state index contributed by atoms with van der Waals surface area (Å²) in [7, 11) is 0. The molecular formula is C16H32N2O5. The van der Waals surface area contributed by atoms with Gasteiger partial charge >= 0.3 is 0 Å². The maximum Gasteiger partial charge on any atom is 0.239 e. The molecule has 0 saturated carbocycles. The summed E-state index contributed by atoms with van der Waals surface area (Å²) in [5.74, 6) is 0.117. The standard InChI is InChI=1S/C16H32N2O5/c1-3-14(2)15(17)16(19)18-4-6-20-8-10-22-12-13-23-11-9-21-7-5-18/h14-15H,3-13,17H2,1-2H3. The lowest BCUT2D eigenvalue weighted by molar-refractivity contribution is -0.135. The van der Waals surface area contributed by atoms with Crippen molar-refractivity contribution in [2.75, 3.05) is 65.9 Å². The van der Waals surface area contributed by atoms with Crippen LogP contribution in [0.15, 0.2) is 0 Å². The largest absolute Gasteiger partial charge is 0.377 e. The van der Waals surface area contributed by atoms with Gasteiger partial charge in [-0.15, -0.1) is 0 Å². The molecule has 1 fully saturated rings. The van der Waals surface area contributed by atoms with Gasteiger partial charge in [0.05, 0.1) is 58.9 Å². The minimum atomic E-state index is -0.478. The van der Waals surface area contributed by atoms with Crippen LogP contribution in [0.2, 0.25) is 0 Å². The van der Waals surface area contributed by atoms with E-state index in [1.807, 2.05) is 13.8 Å². The van der Waals surface area contributed by atoms with Gasteiger partial charge in [-0.3, -0.25) is 4.79 Å². The summed E-state index contributed by atoms with van der Waals surface area (Å²) < 4.78 is 21.8. The predicted molar refractivity (Wildman–Crippen MR) is 87.3 cm³/mol. The first-order chi connectivity index (χ1) is 11.2. The number of hydrogen-bond donors (Lipinski definition) is 1. The lowest BCUT2D eigenvalue weighted by Gasteiger charge is -2.28. The molecule has 1 saturated heterocycles. The zero-order valence-corrected chi connectivity index (χ0v) is 14.5. The summed E-state index contributed by atoms with van der Waals surface area (Å²) in [4.78, 5) is 14.3. The molecule has 1 amide bonds. The van der Waals surface area contributed by atoms with E-state index in [9.17, 15) is 4.79 Å². The van der Waals surface area contributed by atoms with Crippen molar-refractivity contribution in [3.8, 4) is 0 Å². The van der Waals surface area contributed by atoms with Crippen LogP contribution >= 0.6 is 0 Å². The fraction of sp³-hybridized carbons (Fsp3) is 0.938. The smallest absolute Gasteiger partial charge is 0.239 e. The second-order valence-electron chi connectivity index (χ2n) is 5.69. The third-order valence-corrected chi connectivity index (χ3v) is 3.98. The average Bonchev–Trinajstić information content (AvgIpc) is 2.58. The number of carbonyl (C=O) groups excluding carboxylic acids is 1. The van der Waals surface area contributed by atoms with Gasteiger partial charge in [-0.25, -0.2) is 0 Å². The molecule has 0 radical (unpaired) electrons. The van der Waals surface area contributed by atoms with E-state index in [2.05, 4.69) is 0 Å². The van der Waals surface area contributed by atoms with E-state index in [0.717, 1.165) is 6.42 Å². The van der Waals surface area contributed by atoms with E-state index in [0.29, 0.717) is 65.9 Å². The molecule has 1 heterocycles. The normalized spacial score (nSPS) is 22.7. The van der Waals surface area contributed by atoms with Gasteiger partial charge in [0.1, 0.15) is 0 Å². The van der Waals surface area contributed by atoms with Gasteiger partial charge in [-0.2, -0.15) is 0 Å². The predicted octanol–water partition coefficient (Wildman–Crippen LogP) is 0.268. The Morgan fingerprint density at radius 2 is 1.30 bits per heavy atom. The molecule has 136 valence electrons. The fourth-order valence-corrected chi connectivity index (χ4v) is 2.15. The maximum atomic E-state index is 12.5. The number of nitrogens with two attached hydrogens (primary N) is 1. The van der Waals surface area contributed by atoms with Gasteiger partial charge in [0, 0.05) is 13.1 Å². The summed E-state index contributed by atoms with van der Waals surface area (Å²) in [6.45, 7) is 9.19. The summed E-state index contributed by atoms with van der Waals surface area (Å²) in [5, 5.41) is 0. The number of hydrogen-bond acceptors (Lipinski definition) is 6. The van der Waals surface area contributed by atoms with Crippen molar-refractivity contribution in [3.05, 3.63) is 0 Å². The van der Waals surface area contributed by atoms with Crippen LogP contribution in [0.1, 0.15) is 20.3 Å². The van der Waals surface area contributed by atoms with Crippen LogP contribution in [-0.2, 0) is 23.7 Å². The van der Waals surface area contributed by atoms with Crippen molar-refractivity contribution < 1.29 is 23.7 Å². The van der Waals surface area contributed by atoms with Crippen LogP contribution in [0.3, 0.4) is 0 Å². The molecule has 2 unspecified atom stereocenters. The molecule has 1 rings (SSSR count). The lowest BCUT2D eigenvalue weighted by atomic mass is 9.99. The zero-order chi connectivity index (χ0) is 16.9. The Morgan fingerprint density at radius 3 is 1.70 bits per heavy atom. The first kappa shape index (κ1) is 20.3. The Labute approximate surface area is 139 Å². The van der Waals surface area contributed by atoms with Crippen LogP contribution < -0.4 is 5.73 Å². The molecule has 0 aromatic heterocycles. The van der Waals surface area contributed by atoms with Crippen LogP contribution in [0, 0.1) is 5.92 Å². The van der Waals surface area contributed by atoms with E-state index >= 15 is 0 Å². The number of amides is 1. The second-order valence-corrected chi connectivity index (χ2v) is 5.69. The number of rotatable bonds is 3. The topological polar surface area (TPSA) is 83.3 Å². The van der Waals surface area contributed by atoms with Crippen molar-refractivity contribution in [2.24, 2.45) is 11.7 Å². The molecule has 7 nitrogen and oxygen atoms in total. The van der Waals surface area contributed by atoms with Crippen molar-refractivity contribution in [3.63, 3.8) is 0 Å². The Balaban J connectivity index is 2.49. The van der Waals surface area contributed by atoms with E-state index in [1.165, 1.54) is 0 Å². The molecule has 0 aromatic rings. The summed E-state index contributed by atoms with van der Waals surface area (Å²) in [5.41, 5.74) is 6.07. The van der Waals surface area contributed by atoms with E-state index in [4.69, 9.17) is 24.7 Å². The van der Waals surface area contributed by atoms with Crippen LogP contribution in [0.5, 0.6) is 0 Å². The van der Waals surface area contributed by atoms with Gasteiger partial charge in [0.25, 0.3) is 0 Å². The third kappa shape index (κ3) is 8.62. The molecule has 0 bridgehead atoms. The molecule has 1 aliphatic rings. The SMILES string of the molecule is CCC(C)C(N)C(=O)N1CCOCCOCCOCCOCC1. The van der Waals surface area contributed by atoms with Gasteiger partial charge in [-0.05, 0) is 5.92 Å². The van der Waals surface area contributed by atoms with Crippen molar-refractivity contribution >= 4 is 5.91 Å². The van der Waals surface area contributed by atoms with Crippen molar-refractivity contribution in [1.82, 2.24) is 4.90 Å². The van der Waals surface area contributed by atoms with Crippen molar-refractivity contribution in [1.29, 1.82) is 0 Å². The fourth-order valence-electron chi connectivity index (χ4n) is 2.15. The molecule has 0 aromatic carbocycles. The molecule has 7 heteroatoms. The first-order valence-corrected chi connectivity index (χ1v) is 8.52. The second kappa shape index (κ2) is 12.7. The molecule has 0 aliphatic carbocycles. The Morgan fingerprint density at radius 1 is 0.913 bits per heavy atom. The number of ether oxygens (including phenoxy) is 4. The quantitative estimate of drug-likeness (QED) is 0.799. The molecule has 0 spiro atoms. The highest BCUT2D eigenvalue weighted by atomic mass is 16.6. The van der Waals surface area contributed by atoms with E-state index < -0.39 is 6.04 Å². The Hall–Kier alpha value is -0.730. The van der Waals surface area contributed by atoms with Gasteiger partial charge in [0.15, 0.2) is 0 Å². The highest BCUT2D eigenvalue weighted by Gasteiger charge is 2.24. The monoisotopic (exact) mass is 332 g/mol. The van der Waals surface area contributed by atoms with Gasteiger partial charge in [0.2, 0.25) is 5.91 Å². The van der Waals surface area contributed by atoms with Crippen molar-refractivity contribution in [2.45, 2.75) is 26.3 Å². The van der Waals surface area contributed by atoms with Crippen LogP contribution in [-0.4, -0.2) is 82.8 Å². The average molecular weight is 332 g/mol. The number of carbonyl (C=O) groups is 1. The molecule has 2 N–H and O–H groups in total. The Kier molecular flexibility index (Phi) is 11.2. The van der Waals surface area contributed by atoms with Crippen LogP contribution in [0.25, 0.3) is 0 Å². The summed E-state index contributed by atoms with van der Waals surface area (Å²) in [6.07, 6.45) is 0.877.